The molecule has 22 heavy (non-hydrogen) atoms. The van der Waals surface area contributed by atoms with E-state index in [-0.39, 0.29) is 18.9 Å². The minimum absolute atomic E-state index is 0.0328. The highest BCUT2D eigenvalue weighted by Crippen LogP contribution is 2.32. The second-order valence-corrected chi connectivity index (χ2v) is 8.55. The highest BCUT2D eigenvalue weighted by molar-refractivity contribution is 8.14. The number of thiazole rings is 1. The average Bonchev–Trinajstić information content (AvgIpc) is 3.05. The number of hydrogen-bond donors (Lipinski definition) is 0. The molecule has 9 heteroatoms. The van der Waals surface area contributed by atoms with Gasteiger partial charge in [0.1, 0.15) is 11.1 Å². The molecule has 2 heterocycles. The van der Waals surface area contributed by atoms with Crippen molar-refractivity contribution in [3.05, 3.63) is 35.5 Å². The van der Waals surface area contributed by atoms with Gasteiger partial charge in [-0.05, 0) is 12.1 Å². The average molecular weight is 361 g/mol. The van der Waals surface area contributed by atoms with E-state index >= 15 is 0 Å². The van der Waals surface area contributed by atoms with Gasteiger partial charge in [-0.2, -0.15) is 0 Å². The lowest BCUT2D eigenvalue weighted by Gasteiger charge is -2.11. The fourth-order valence-electron chi connectivity index (χ4n) is 2.23. The Balaban J connectivity index is 1.89. The number of anilines is 1. The first-order valence-electron chi connectivity index (χ1n) is 6.30. The maximum Gasteiger partial charge on any atom is 0.237 e. The minimum Gasteiger partial charge on any atom is -0.287 e. The third-order valence-electron chi connectivity index (χ3n) is 3.36. The lowest BCUT2D eigenvalue weighted by molar-refractivity contribution is -0.117. The number of carbonyl (C=O) groups excluding carboxylic acids is 1. The normalized spacial score (nSPS) is 18.9. The van der Waals surface area contributed by atoms with Gasteiger partial charge < -0.3 is 0 Å². The largest absolute Gasteiger partial charge is 0.287 e. The molecule has 1 aromatic heterocycles. The van der Waals surface area contributed by atoms with Crippen LogP contribution in [0.25, 0.3) is 11.3 Å². The summed E-state index contributed by atoms with van der Waals surface area (Å²) in [5.74, 6) is -0.767. The predicted molar refractivity (Wildman–Crippen MR) is 83.0 cm³/mol. The second kappa shape index (κ2) is 5.60. The molecule has 3 rings (SSSR count). The van der Waals surface area contributed by atoms with Crippen LogP contribution >= 0.6 is 22.0 Å². The molecule has 2 aromatic rings. The Kier molecular flexibility index (Phi) is 3.92. The first kappa shape index (κ1) is 15.4. The van der Waals surface area contributed by atoms with Crippen molar-refractivity contribution in [1.29, 1.82) is 0 Å². The van der Waals surface area contributed by atoms with Gasteiger partial charge in [-0.15, -0.1) is 11.3 Å². The predicted octanol–water partition coefficient (Wildman–Crippen LogP) is 2.62. The second-order valence-electron chi connectivity index (χ2n) is 4.80. The number of hydrogen-bond acceptors (Lipinski definition) is 5. The Bertz CT molecular complexity index is 837. The summed E-state index contributed by atoms with van der Waals surface area (Å²) in [5, 5.41) is 1.03. The van der Waals surface area contributed by atoms with Crippen LogP contribution in [0.2, 0.25) is 0 Å². The van der Waals surface area contributed by atoms with Gasteiger partial charge in [-0.1, -0.05) is 12.1 Å². The molecule has 0 radical (unpaired) electrons. The van der Waals surface area contributed by atoms with Gasteiger partial charge in [0.05, 0.1) is 5.69 Å². The number of halogens is 2. The molecule has 1 aliphatic rings. The standard InChI is InChI=1S/C13H10ClFN2O3S2/c14-22(19,20)8-5-12(18)17(6-8)13-16-11(7-21-13)9-3-1-2-4-10(9)15/h1-4,7-8H,5-6H2. The van der Waals surface area contributed by atoms with Crippen LogP contribution in [0.4, 0.5) is 9.52 Å². The molecule has 0 aliphatic carbocycles. The van der Waals surface area contributed by atoms with Crippen molar-refractivity contribution in [3.63, 3.8) is 0 Å². The Morgan fingerprint density at radius 3 is 2.73 bits per heavy atom. The Morgan fingerprint density at radius 2 is 2.09 bits per heavy atom. The third kappa shape index (κ3) is 2.86. The summed E-state index contributed by atoms with van der Waals surface area (Å²) >= 11 is 1.16. The Morgan fingerprint density at radius 1 is 1.36 bits per heavy atom. The van der Waals surface area contributed by atoms with Crippen molar-refractivity contribution in [2.45, 2.75) is 11.7 Å². The zero-order valence-corrected chi connectivity index (χ0v) is 13.5. The molecule has 1 atom stereocenters. The fourth-order valence-corrected chi connectivity index (χ4v) is 4.11. The van der Waals surface area contributed by atoms with Crippen molar-refractivity contribution in [1.82, 2.24) is 4.98 Å². The van der Waals surface area contributed by atoms with Crippen molar-refractivity contribution in [3.8, 4) is 11.3 Å². The van der Waals surface area contributed by atoms with E-state index in [0.29, 0.717) is 16.4 Å². The van der Waals surface area contributed by atoms with Crippen molar-refractivity contribution < 1.29 is 17.6 Å². The molecular formula is C13H10ClFN2O3S2. The van der Waals surface area contributed by atoms with E-state index < -0.39 is 20.1 Å². The molecule has 1 saturated heterocycles. The van der Waals surface area contributed by atoms with Crippen LogP contribution in [0.1, 0.15) is 6.42 Å². The molecule has 116 valence electrons. The van der Waals surface area contributed by atoms with Gasteiger partial charge in [0.2, 0.25) is 15.0 Å². The van der Waals surface area contributed by atoms with E-state index in [1.54, 1.807) is 23.6 Å². The molecule has 5 nitrogen and oxygen atoms in total. The van der Waals surface area contributed by atoms with Crippen LogP contribution < -0.4 is 4.90 Å². The Labute approximate surface area is 134 Å². The van der Waals surface area contributed by atoms with Gasteiger partial charge in [-0.25, -0.2) is 17.8 Å². The van der Waals surface area contributed by atoms with Crippen LogP contribution in [-0.4, -0.2) is 31.1 Å². The lowest BCUT2D eigenvalue weighted by Crippen LogP contribution is -2.26. The maximum atomic E-state index is 13.7. The van der Waals surface area contributed by atoms with Gasteiger partial charge in [0.15, 0.2) is 5.13 Å². The maximum absolute atomic E-state index is 13.7. The summed E-state index contributed by atoms with van der Waals surface area (Å²) in [6.07, 6.45) is -0.166. The molecule has 1 aromatic carbocycles. The number of benzene rings is 1. The molecule has 1 aliphatic heterocycles. The van der Waals surface area contributed by atoms with Crippen LogP contribution in [0, 0.1) is 5.82 Å². The first-order valence-corrected chi connectivity index (χ1v) is 9.56. The van der Waals surface area contributed by atoms with Crippen molar-refractivity contribution in [2.24, 2.45) is 0 Å². The van der Waals surface area contributed by atoms with E-state index in [1.165, 1.54) is 11.0 Å². The number of carbonyl (C=O) groups is 1. The highest BCUT2D eigenvalue weighted by atomic mass is 35.7. The molecule has 0 spiro atoms. The van der Waals surface area contributed by atoms with Crippen LogP contribution in [0.3, 0.4) is 0 Å². The summed E-state index contributed by atoms with van der Waals surface area (Å²) in [5.41, 5.74) is 0.737. The van der Waals surface area contributed by atoms with Gasteiger partial charge >= 0.3 is 0 Å². The van der Waals surface area contributed by atoms with Gasteiger partial charge in [0.25, 0.3) is 0 Å². The fraction of sp³-hybridized carbons (Fsp3) is 0.231. The zero-order valence-electron chi connectivity index (χ0n) is 11.1. The van der Waals surface area contributed by atoms with Crippen LogP contribution in [0.15, 0.2) is 29.6 Å². The van der Waals surface area contributed by atoms with E-state index in [4.69, 9.17) is 10.7 Å². The van der Waals surface area contributed by atoms with Gasteiger partial charge in [0, 0.05) is 34.6 Å². The first-order chi connectivity index (χ1) is 10.4. The number of amides is 1. The van der Waals surface area contributed by atoms with E-state index in [0.717, 1.165) is 11.3 Å². The van der Waals surface area contributed by atoms with Crippen LogP contribution in [0.5, 0.6) is 0 Å². The monoisotopic (exact) mass is 360 g/mol. The van der Waals surface area contributed by atoms with E-state index in [2.05, 4.69) is 4.98 Å². The Hall–Kier alpha value is -1.51. The summed E-state index contributed by atoms with van der Waals surface area (Å²) in [4.78, 5) is 17.5. The van der Waals surface area contributed by atoms with Crippen molar-refractivity contribution in [2.75, 3.05) is 11.4 Å². The van der Waals surface area contributed by atoms with Crippen molar-refractivity contribution >= 4 is 42.1 Å². The number of rotatable bonds is 3. The highest BCUT2D eigenvalue weighted by Gasteiger charge is 2.39. The van der Waals surface area contributed by atoms with Gasteiger partial charge in [-0.3, -0.25) is 9.69 Å². The molecular weight excluding hydrogens is 351 g/mol. The summed E-state index contributed by atoms with van der Waals surface area (Å²) < 4.78 is 36.4. The molecule has 0 saturated carbocycles. The topological polar surface area (TPSA) is 67.3 Å². The van der Waals surface area contributed by atoms with E-state index in [9.17, 15) is 17.6 Å². The number of nitrogens with zero attached hydrogens (tertiary/aromatic N) is 2. The van der Waals surface area contributed by atoms with Crippen LogP contribution in [-0.2, 0) is 13.8 Å². The summed E-state index contributed by atoms with van der Waals surface area (Å²) in [6.45, 7) is -0.0328. The quantitative estimate of drug-likeness (QED) is 0.789. The lowest BCUT2D eigenvalue weighted by atomic mass is 10.2. The SMILES string of the molecule is O=C1CC(S(=O)(=O)Cl)CN1c1nc(-c2ccccc2F)cs1. The number of aromatic nitrogens is 1. The summed E-state index contributed by atoms with van der Waals surface area (Å²) in [7, 11) is 1.50. The smallest absolute Gasteiger partial charge is 0.237 e. The molecule has 0 bridgehead atoms. The molecule has 0 N–H and O–H groups in total. The molecule has 1 amide bonds. The minimum atomic E-state index is -3.80. The summed E-state index contributed by atoms with van der Waals surface area (Å²) in [6, 6.07) is 6.18. The van der Waals surface area contributed by atoms with E-state index in [1.807, 2.05) is 0 Å². The third-order valence-corrected chi connectivity index (χ3v) is 6.09. The molecule has 1 unspecified atom stereocenters. The zero-order chi connectivity index (χ0) is 15.9. The molecule has 1 fully saturated rings.